The molecule has 7 nitrogen and oxygen atoms in total. The third-order valence-electron chi connectivity index (χ3n) is 2.79. The Morgan fingerprint density at radius 3 is 1.90 bits per heavy atom. The lowest BCUT2D eigenvalue weighted by molar-refractivity contribution is 0.574. The van der Waals surface area contributed by atoms with E-state index >= 15 is 0 Å². The van der Waals surface area contributed by atoms with Crippen LogP contribution in [0.1, 0.15) is 13.3 Å². The highest BCUT2D eigenvalue weighted by Crippen LogP contribution is 2.13. The van der Waals surface area contributed by atoms with Crippen LogP contribution in [0.2, 0.25) is 0 Å². The van der Waals surface area contributed by atoms with Crippen molar-refractivity contribution in [1.29, 1.82) is 0 Å². The van der Waals surface area contributed by atoms with Crippen molar-refractivity contribution in [3.63, 3.8) is 0 Å². The molecule has 0 fully saturated rings. The zero-order chi connectivity index (χ0) is 15.9. The molecule has 1 aromatic rings. The Bertz CT molecular complexity index is 640. The molecule has 0 radical (unpaired) electrons. The van der Waals surface area contributed by atoms with Gasteiger partial charge in [-0.1, -0.05) is 6.92 Å². The summed E-state index contributed by atoms with van der Waals surface area (Å²) in [6, 6.07) is 5.08. The van der Waals surface area contributed by atoms with E-state index in [2.05, 4.69) is 14.8 Å². The molecule has 0 amide bonds. The molecule has 0 aliphatic carbocycles. The lowest BCUT2D eigenvalue weighted by atomic mass is 10.4. The molecular formula is C12H21N3O4S2. The Kier molecular flexibility index (Phi) is 6.75. The van der Waals surface area contributed by atoms with Crippen molar-refractivity contribution in [2.75, 3.05) is 26.7 Å². The van der Waals surface area contributed by atoms with Crippen molar-refractivity contribution in [3.05, 3.63) is 24.3 Å². The van der Waals surface area contributed by atoms with Crippen molar-refractivity contribution in [3.8, 4) is 0 Å². The first-order chi connectivity index (χ1) is 9.83. The van der Waals surface area contributed by atoms with Gasteiger partial charge in [-0.3, -0.25) is 0 Å². The van der Waals surface area contributed by atoms with Gasteiger partial charge >= 0.3 is 0 Å². The van der Waals surface area contributed by atoms with Gasteiger partial charge in [0.05, 0.1) is 9.79 Å². The molecule has 0 unspecified atom stereocenters. The fourth-order valence-electron chi connectivity index (χ4n) is 1.60. The molecule has 0 heterocycles. The third-order valence-corrected chi connectivity index (χ3v) is 5.69. The summed E-state index contributed by atoms with van der Waals surface area (Å²) in [6.45, 7) is 3.88. The lowest BCUT2D eigenvalue weighted by Gasteiger charge is -2.08. The monoisotopic (exact) mass is 335 g/mol. The van der Waals surface area contributed by atoms with E-state index in [1.54, 1.807) is 0 Å². The lowest BCUT2D eigenvalue weighted by Crippen LogP contribution is -2.27. The smallest absolute Gasteiger partial charge is 0.240 e. The summed E-state index contributed by atoms with van der Waals surface area (Å²) in [7, 11) is -5.87. The molecular weight excluding hydrogens is 314 g/mol. The molecule has 0 saturated carbocycles. The molecule has 3 N–H and O–H groups in total. The zero-order valence-corrected chi connectivity index (χ0v) is 13.7. The number of hydrogen-bond acceptors (Lipinski definition) is 5. The second-order valence-electron chi connectivity index (χ2n) is 4.28. The first-order valence-corrected chi connectivity index (χ1v) is 9.54. The minimum Gasteiger partial charge on any atom is -0.317 e. The van der Waals surface area contributed by atoms with Gasteiger partial charge in [-0.15, -0.1) is 0 Å². The molecule has 21 heavy (non-hydrogen) atoms. The van der Waals surface area contributed by atoms with Crippen LogP contribution in [0.25, 0.3) is 0 Å². The molecule has 0 aromatic heterocycles. The van der Waals surface area contributed by atoms with E-state index < -0.39 is 20.0 Å². The van der Waals surface area contributed by atoms with Crippen LogP contribution in [-0.4, -0.2) is 43.5 Å². The first-order valence-electron chi connectivity index (χ1n) is 6.57. The van der Waals surface area contributed by atoms with Crippen LogP contribution in [0.15, 0.2) is 34.1 Å². The van der Waals surface area contributed by atoms with E-state index in [0.29, 0.717) is 13.0 Å². The number of nitrogens with one attached hydrogen (secondary N) is 3. The Balaban J connectivity index is 2.72. The van der Waals surface area contributed by atoms with Gasteiger partial charge in [-0.2, -0.15) is 0 Å². The minimum atomic E-state index is -3.61. The SMILES string of the molecule is CCNCCCNS(=O)(=O)c1ccc(S(=O)(=O)NC)cc1. The molecule has 0 atom stereocenters. The molecule has 9 heteroatoms. The second-order valence-corrected chi connectivity index (χ2v) is 7.94. The van der Waals surface area contributed by atoms with Crippen LogP contribution in [0.3, 0.4) is 0 Å². The van der Waals surface area contributed by atoms with Crippen LogP contribution >= 0.6 is 0 Å². The third kappa shape index (κ3) is 5.36. The van der Waals surface area contributed by atoms with Gasteiger partial charge in [0.15, 0.2) is 0 Å². The summed E-state index contributed by atoms with van der Waals surface area (Å²) in [5, 5.41) is 3.10. The van der Waals surface area contributed by atoms with Gasteiger partial charge < -0.3 is 5.32 Å². The average Bonchev–Trinajstić information content (AvgIpc) is 2.47. The maximum atomic E-state index is 12.0. The van der Waals surface area contributed by atoms with E-state index in [0.717, 1.165) is 13.1 Å². The van der Waals surface area contributed by atoms with Crippen LogP contribution < -0.4 is 14.8 Å². The highest BCUT2D eigenvalue weighted by atomic mass is 32.2. The minimum absolute atomic E-state index is 0.0242. The van der Waals surface area contributed by atoms with E-state index in [1.165, 1.54) is 31.3 Å². The highest BCUT2D eigenvalue weighted by Gasteiger charge is 2.16. The topological polar surface area (TPSA) is 104 Å². The van der Waals surface area contributed by atoms with Crippen LogP contribution in [-0.2, 0) is 20.0 Å². The van der Waals surface area contributed by atoms with Crippen LogP contribution in [0, 0.1) is 0 Å². The van der Waals surface area contributed by atoms with E-state index in [-0.39, 0.29) is 9.79 Å². The van der Waals surface area contributed by atoms with Crippen molar-refractivity contribution in [2.24, 2.45) is 0 Å². The van der Waals surface area contributed by atoms with Gasteiger partial charge in [0, 0.05) is 6.54 Å². The molecule has 1 rings (SSSR count). The van der Waals surface area contributed by atoms with Gasteiger partial charge in [0.1, 0.15) is 0 Å². The molecule has 0 aliphatic rings. The van der Waals surface area contributed by atoms with E-state index in [9.17, 15) is 16.8 Å². The summed E-state index contributed by atoms with van der Waals surface area (Å²) >= 11 is 0. The summed E-state index contributed by atoms with van der Waals surface area (Å²) in [4.78, 5) is 0.0668. The molecule has 0 aliphatic heterocycles. The standard InChI is InChI=1S/C12H21N3O4S2/c1-3-14-9-4-10-15-21(18,19)12-7-5-11(6-8-12)20(16,17)13-2/h5-8,13-15H,3-4,9-10H2,1-2H3. The number of sulfonamides is 2. The Morgan fingerprint density at radius 1 is 0.905 bits per heavy atom. The summed E-state index contributed by atoms with van der Waals surface area (Å²) in [5.41, 5.74) is 0. The van der Waals surface area contributed by atoms with E-state index in [4.69, 9.17) is 0 Å². The maximum Gasteiger partial charge on any atom is 0.240 e. The quantitative estimate of drug-likeness (QED) is 0.546. The van der Waals surface area contributed by atoms with Crippen LogP contribution in [0.5, 0.6) is 0 Å². The van der Waals surface area contributed by atoms with Crippen molar-refractivity contribution in [1.82, 2.24) is 14.8 Å². The largest absolute Gasteiger partial charge is 0.317 e. The number of benzene rings is 1. The Hall–Kier alpha value is -1.00. The summed E-state index contributed by atoms with van der Waals surface area (Å²) in [5.74, 6) is 0. The number of rotatable bonds is 9. The van der Waals surface area contributed by atoms with E-state index in [1.807, 2.05) is 6.92 Å². The average molecular weight is 335 g/mol. The summed E-state index contributed by atoms with van der Waals surface area (Å²) < 4.78 is 51.7. The molecule has 120 valence electrons. The molecule has 1 aromatic carbocycles. The molecule has 0 spiro atoms. The Labute approximate surface area is 126 Å². The van der Waals surface area contributed by atoms with Gasteiger partial charge in [-0.05, 0) is 50.8 Å². The predicted octanol–water partition coefficient (Wildman–Crippen LogP) is -0.127. The van der Waals surface area contributed by atoms with Gasteiger partial charge in [0.25, 0.3) is 0 Å². The fourth-order valence-corrected chi connectivity index (χ4v) is 3.40. The van der Waals surface area contributed by atoms with Gasteiger partial charge in [-0.25, -0.2) is 26.3 Å². The Morgan fingerprint density at radius 2 is 1.43 bits per heavy atom. The second kappa shape index (κ2) is 7.85. The molecule has 0 bridgehead atoms. The summed E-state index contributed by atoms with van der Waals surface area (Å²) in [6.07, 6.45) is 0.680. The van der Waals surface area contributed by atoms with Crippen molar-refractivity contribution >= 4 is 20.0 Å². The van der Waals surface area contributed by atoms with Gasteiger partial charge in [0.2, 0.25) is 20.0 Å². The normalized spacial score (nSPS) is 12.5. The van der Waals surface area contributed by atoms with Crippen LogP contribution in [0.4, 0.5) is 0 Å². The first kappa shape index (κ1) is 18.1. The molecule has 0 saturated heterocycles. The number of hydrogen-bond donors (Lipinski definition) is 3. The van der Waals surface area contributed by atoms with Crippen molar-refractivity contribution < 1.29 is 16.8 Å². The zero-order valence-electron chi connectivity index (χ0n) is 12.1. The maximum absolute atomic E-state index is 12.0. The fraction of sp³-hybridized carbons (Fsp3) is 0.500. The predicted molar refractivity (Wildman–Crippen MR) is 81.0 cm³/mol. The highest BCUT2D eigenvalue weighted by molar-refractivity contribution is 7.90. The van der Waals surface area contributed by atoms with Crippen molar-refractivity contribution in [2.45, 2.75) is 23.1 Å².